The summed E-state index contributed by atoms with van der Waals surface area (Å²) in [6, 6.07) is 10.00. The van der Waals surface area contributed by atoms with E-state index in [0.29, 0.717) is 5.69 Å². The van der Waals surface area contributed by atoms with E-state index in [0.717, 1.165) is 24.3 Å². The third-order valence-electron chi connectivity index (χ3n) is 4.13. The molecule has 2 aromatic rings. The Morgan fingerprint density at radius 3 is 2.57 bits per heavy atom. The number of benzene rings is 1. The molecule has 1 aromatic carbocycles. The average molecular weight is 284 g/mol. The maximum atomic E-state index is 13.0. The van der Waals surface area contributed by atoms with Gasteiger partial charge in [0.05, 0.1) is 11.4 Å². The lowest BCUT2D eigenvalue weighted by Gasteiger charge is -2.28. The first-order valence-electron chi connectivity index (χ1n) is 7.21. The minimum absolute atomic E-state index is 0.00486. The van der Waals surface area contributed by atoms with E-state index in [4.69, 9.17) is 0 Å². The summed E-state index contributed by atoms with van der Waals surface area (Å²) in [5.41, 5.74) is 2.68. The molecule has 5 nitrogen and oxygen atoms in total. The van der Waals surface area contributed by atoms with Crippen molar-refractivity contribution in [2.24, 2.45) is 7.05 Å². The zero-order chi connectivity index (χ0) is 15.0. The molecule has 1 aliphatic heterocycles. The summed E-state index contributed by atoms with van der Waals surface area (Å²) in [5, 5.41) is 4.11. The van der Waals surface area contributed by atoms with Gasteiger partial charge in [0.2, 0.25) is 0 Å². The van der Waals surface area contributed by atoms with Crippen molar-refractivity contribution < 1.29 is 4.79 Å². The number of anilines is 2. The van der Waals surface area contributed by atoms with Crippen LogP contribution in [0, 0.1) is 0 Å². The Labute approximate surface area is 124 Å². The Balaban J connectivity index is 2.09. The number of aromatic nitrogens is 2. The number of fused-ring (bicyclic) bond motifs is 1. The molecule has 0 saturated heterocycles. The van der Waals surface area contributed by atoms with Crippen molar-refractivity contribution in [2.45, 2.75) is 19.4 Å². The molecule has 0 saturated carbocycles. The Kier molecular flexibility index (Phi) is 3.41. The molecule has 110 valence electrons. The summed E-state index contributed by atoms with van der Waals surface area (Å²) in [5.74, 6) is 0.00486. The first-order chi connectivity index (χ1) is 10.1. The SMILES string of the molecule is C[C@H]1CCN(C)c2ccccc2N1C(=O)c1ccnn1C. The Morgan fingerprint density at radius 1 is 1.19 bits per heavy atom. The molecule has 1 atom stereocenters. The second-order valence-electron chi connectivity index (χ2n) is 5.56. The van der Waals surface area contributed by atoms with Crippen LogP contribution in [0.4, 0.5) is 11.4 Å². The second-order valence-corrected chi connectivity index (χ2v) is 5.56. The number of carbonyl (C=O) groups excluding carboxylic acids is 1. The summed E-state index contributed by atoms with van der Waals surface area (Å²) in [6.45, 7) is 3.04. The van der Waals surface area contributed by atoms with Crippen molar-refractivity contribution >= 4 is 17.3 Å². The molecule has 3 rings (SSSR count). The van der Waals surface area contributed by atoms with Gasteiger partial charge in [0, 0.05) is 32.9 Å². The summed E-state index contributed by atoms with van der Waals surface area (Å²) in [7, 11) is 3.87. The molecule has 1 aromatic heterocycles. The smallest absolute Gasteiger partial charge is 0.276 e. The minimum Gasteiger partial charge on any atom is -0.373 e. The first kappa shape index (κ1) is 13.7. The second kappa shape index (κ2) is 5.24. The first-order valence-corrected chi connectivity index (χ1v) is 7.21. The quantitative estimate of drug-likeness (QED) is 0.807. The van der Waals surface area contributed by atoms with E-state index in [-0.39, 0.29) is 11.9 Å². The predicted molar refractivity (Wildman–Crippen MR) is 83.8 cm³/mol. The molecule has 2 heterocycles. The molecular formula is C16H20N4O. The molecule has 0 bridgehead atoms. The highest BCUT2D eigenvalue weighted by atomic mass is 16.2. The molecule has 21 heavy (non-hydrogen) atoms. The van der Waals surface area contributed by atoms with Gasteiger partial charge in [-0.15, -0.1) is 0 Å². The Bertz CT molecular complexity index is 664. The van der Waals surface area contributed by atoms with Gasteiger partial charge in [-0.3, -0.25) is 9.48 Å². The molecule has 0 radical (unpaired) electrons. The lowest BCUT2D eigenvalue weighted by Crippen LogP contribution is -2.39. The monoisotopic (exact) mass is 284 g/mol. The molecular weight excluding hydrogens is 264 g/mol. The van der Waals surface area contributed by atoms with Crippen molar-refractivity contribution in [3.05, 3.63) is 42.2 Å². The third kappa shape index (κ3) is 2.28. The summed E-state index contributed by atoms with van der Waals surface area (Å²) in [6.07, 6.45) is 2.60. The maximum Gasteiger partial charge on any atom is 0.276 e. The largest absolute Gasteiger partial charge is 0.373 e. The van der Waals surface area contributed by atoms with Gasteiger partial charge in [-0.05, 0) is 31.5 Å². The van der Waals surface area contributed by atoms with Gasteiger partial charge in [-0.1, -0.05) is 12.1 Å². The standard InChI is InChI=1S/C16H20N4O/c1-12-9-11-18(2)13-6-4-5-7-14(13)20(12)16(21)15-8-10-17-19(15)3/h4-8,10,12H,9,11H2,1-3H3/t12-/m0/s1. The summed E-state index contributed by atoms with van der Waals surface area (Å²) >= 11 is 0. The number of rotatable bonds is 1. The van der Waals surface area contributed by atoms with Crippen LogP contribution in [0.3, 0.4) is 0 Å². The van der Waals surface area contributed by atoms with Crippen molar-refractivity contribution in [1.82, 2.24) is 9.78 Å². The number of carbonyl (C=O) groups is 1. The van der Waals surface area contributed by atoms with E-state index in [1.54, 1.807) is 24.0 Å². The van der Waals surface area contributed by atoms with E-state index in [2.05, 4.69) is 30.0 Å². The molecule has 1 amide bonds. The molecule has 0 aliphatic carbocycles. The van der Waals surface area contributed by atoms with Crippen LogP contribution in [-0.2, 0) is 7.05 Å². The molecule has 0 fully saturated rings. The van der Waals surface area contributed by atoms with Crippen LogP contribution in [0.2, 0.25) is 0 Å². The van der Waals surface area contributed by atoms with Crippen molar-refractivity contribution in [3.63, 3.8) is 0 Å². The van der Waals surface area contributed by atoms with Crippen LogP contribution < -0.4 is 9.80 Å². The van der Waals surface area contributed by atoms with Crippen LogP contribution in [0.15, 0.2) is 36.5 Å². The summed E-state index contributed by atoms with van der Waals surface area (Å²) < 4.78 is 1.63. The third-order valence-corrected chi connectivity index (χ3v) is 4.13. The van der Waals surface area contributed by atoms with Gasteiger partial charge in [0.15, 0.2) is 0 Å². The number of amides is 1. The van der Waals surface area contributed by atoms with Crippen LogP contribution in [0.5, 0.6) is 0 Å². The highest BCUT2D eigenvalue weighted by Gasteiger charge is 2.30. The average Bonchev–Trinajstić information content (AvgIpc) is 2.86. The van der Waals surface area contributed by atoms with Gasteiger partial charge in [0.1, 0.15) is 5.69 Å². The normalized spacial score (nSPS) is 18.3. The zero-order valence-corrected chi connectivity index (χ0v) is 12.7. The summed E-state index contributed by atoms with van der Waals surface area (Å²) in [4.78, 5) is 17.1. The lowest BCUT2D eigenvalue weighted by atomic mass is 10.1. The fraction of sp³-hybridized carbons (Fsp3) is 0.375. The van der Waals surface area contributed by atoms with Crippen LogP contribution in [0.1, 0.15) is 23.8 Å². The Morgan fingerprint density at radius 2 is 1.90 bits per heavy atom. The van der Waals surface area contributed by atoms with Gasteiger partial charge >= 0.3 is 0 Å². The number of nitrogens with zero attached hydrogens (tertiary/aromatic N) is 4. The van der Waals surface area contributed by atoms with Crippen LogP contribution >= 0.6 is 0 Å². The van der Waals surface area contributed by atoms with E-state index in [9.17, 15) is 4.79 Å². The van der Waals surface area contributed by atoms with Crippen molar-refractivity contribution in [1.29, 1.82) is 0 Å². The van der Waals surface area contributed by atoms with Crippen molar-refractivity contribution in [3.8, 4) is 0 Å². The minimum atomic E-state index is 0.00486. The number of hydrogen-bond donors (Lipinski definition) is 0. The number of para-hydroxylation sites is 2. The van der Waals surface area contributed by atoms with Gasteiger partial charge in [-0.2, -0.15) is 5.10 Å². The molecule has 5 heteroatoms. The van der Waals surface area contributed by atoms with E-state index in [1.165, 1.54) is 0 Å². The highest BCUT2D eigenvalue weighted by molar-refractivity contribution is 6.07. The molecule has 0 spiro atoms. The maximum absolute atomic E-state index is 13.0. The van der Waals surface area contributed by atoms with E-state index >= 15 is 0 Å². The van der Waals surface area contributed by atoms with E-state index < -0.39 is 0 Å². The lowest BCUT2D eigenvalue weighted by molar-refractivity contribution is 0.0969. The van der Waals surface area contributed by atoms with Crippen molar-refractivity contribution in [2.75, 3.05) is 23.4 Å². The van der Waals surface area contributed by atoms with E-state index in [1.807, 2.05) is 23.1 Å². The molecule has 1 aliphatic rings. The fourth-order valence-electron chi connectivity index (χ4n) is 2.87. The molecule has 0 N–H and O–H groups in total. The van der Waals surface area contributed by atoms with Gasteiger partial charge in [-0.25, -0.2) is 0 Å². The molecule has 0 unspecified atom stereocenters. The predicted octanol–water partition coefficient (Wildman–Crippen LogP) is 2.30. The van der Waals surface area contributed by atoms with Gasteiger partial charge in [0.25, 0.3) is 5.91 Å². The van der Waals surface area contributed by atoms with Gasteiger partial charge < -0.3 is 9.80 Å². The topological polar surface area (TPSA) is 41.4 Å². The fourth-order valence-corrected chi connectivity index (χ4v) is 2.87. The van der Waals surface area contributed by atoms with Crippen LogP contribution in [0.25, 0.3) is 0 Å². The number of hydrogen-bond acceptors (Lipinski definition) is 3. The highest BCUT2D eigenvalue weighted by Crippen LogP contribution is 2.34. The number of aryl methyl sites for hydroxylation is 1. The zero-order valence-electron chi connectivity index (χ0n) is 12.7. The van der Waals surface area contributed by atoms with Crippen LogP contribution in [-0.4, -0.2) is 35.3 Å². The Hall–Kier alpha value is -2.30.